The van der Waals surface area contributed by atoms with E-state index >= 15 is 0 Å². The molecule has 0 radical (unpaired) electrons. The number of nitriles is 1. The van der Waals surface area contributed by atoms with Crippen LogP contribution in [0.25, 0.3) is 0 Å². The third kappa shape index (κ3) is 6.08. The Bertz CT molecular complexity index is 596. The van der Waals surface area contributed by atoms with Gasteiger partial charge >= 0.3 is 12.2 Å². The first-order valence-electron chi connectivity index (χ1n) is 7.62. The highest BCUT2D eigenvalue weighted by atomic mass is 19.4. The molecule has 1 aliphatic carbocycles. The lowest BCUT2D eigenvalue weighted by atomic mass is 9.93. The molecule has 0 aromatic heterocycles. The van der Waals surface area contributed by atoms with Gasteiger partial charge in [-0.15, -0.1) is 0 Å². The van der Waals surface area contributed by atoms with Gasteiger partial charge in [-0.1, -0.05) is 0 Å². The van der Waals surface area contributed by atoms with Crippen LogP contribution in [0.2, 0.25) is 0 Å². The molecule has 2 rings (SSSR count). The highest BCUT2D eigenvalue weighted by molar-refractivity contribution is 5.89. The number of urea groups is 1. The van der Waals surface area contributed by atoms with E-state index in [4.69, 9.17) is 10.00 Å². The van der Waals surface area contributed by atoms with Gasteiger partial charge in [0, 0.05) is 11.7 Å². The molecule has 0 aliphatic heterocycles. The maximum absolute atomic E-state index is 12.2. The molecule has 2 amide bonds. The number of carbonyl (C=O) groups is 1. The Kier molecular flexibility index (Phi) is 6.04. The summed E-state index contributed by atoms with van der Waals surface area (Å²) in [6, 6.07) is 7.69. The molecule has 2 N–H and O–H groups in total. The van der Waals surface area contributed by atoms with Gasteiger partial charge in [-0.3, -0.25) is 0 Å². The Labute approximate surface area is 137 Å². The van der Waals surface area contributed by atoms with E-state index in [1.165, 1.54) is 0 Å². The zero-order valence-electron chi connectivity index (χ0n) is 12.9. The summed E-state index contributed by atoms with van der Waals surface area (Å²) < 4.78 is 41.4. The molecule has 2 atom stereocenters. The fraction of sp³-hybridized carbons (Fsp3) is 0.500. The molecule has 1 saturated carbocycles. The van der Waals surface area contributed by atoms with Gasteiger partial charge in [0.15, 0.2) is 0 Å². The van der Waals surface area contributed by atoms with Gasteiger partial charge < -0.3 is 15.4 Å². The number of rotatable bonds is 4. The SMILES string of the molecule is N#Cc1ccc(NC(=O)N[C@@H]2CCC[C@@H](OCC(F)(F)F)C2)cc1. The molecule has 130 valence electrons. The van der Waals surface area contributed by atoms with Crippen molar-refractivity contribution >= 4 is 11.7 Å². The zero-order valence-corrected chi connectivity index (χ0v) is 12.9. The highest BCUT2D eigenvalue weighted by Crippen LogP contribution is 2.24. The number of halogens is 3. The number of benzene rings is 1. The van der Waals surface area contributed by atoms with Crippen LogP contribution >= 0.6 is 0 Å². The topological polar surface area (TPSA) is 74.2 Å². The van der Waals surface area contributed by atoms with Gasteiger partial charge in [0.2, 0.25) is 0 Å². The summed E-state index contributed by atoms with van der Waals surface area (Å²) in [5.74, 6) is 0. The Hall–Kier alpha value is -2.27. The second-order valence-electron chi connectivity index (χ2n) is 5.70. The van der Waals surface area contributed by atoms with Crippen molar-refractivity contribution in [2.45, 2.75) is 44.0 Å². The van der Waals surface area contributed by atoms with Gasteiger partial charge in [0.1, 0.15) is 6.61 Å². The Morgan fingerprint density at radius 2 is 2.00 bits per heavy atom. The summed E-state index contributed by atoms with van der Waals surface area (Å²) >= 11 is 0. The molecule has 0 spiro atoms. The number of carbonyl (C=O) groups excluding carboxylic acids is 1. The van der Waals surface area contributed by atoms with E-state index in [0.29, 0.717) is 36.9 Å². The molecule has 1 aliphatic rings. The summed E-state index contributed by atoms with van der Waals surface area (Å²) in [7, 11) is 0. The number of hydrogen-bond donors (Lipinski definition) is 2. The lowest BCUT2D eigenvalue weighted by Crippen LogP contribution is -2.43. The number of alkyl halides is 3. The van der Waals surface area contributed by atoms with E-state index < -0.39 is 24.9 Å². The van der Waals surface area contributed by atoms with Gasteiger partial charge in [-0.25, -0.2) is 4.79 Å². The number of hydrogen-bond acceptors (Lipinski definition) is 3. The van der Waals surface area contributed by atoms with Crippen LogP contribution in [-0.2, 0) is 4.74 Å². The molecule has 24 heavy (non-hydrogen) atoms. The van der Waals surface area contributed by atoms with Crippen molar-refractivity contribution < 1.29 is 22.7 Å². The summed E-state index contributed by atoms with van der Waals surface area (Å²) in [5.41, 5.74) is 1.02. The molecule has 0 heterocycles. The molecule has 8 heteroatoms. The van der Waals surface area contributed by atoms with E-state index in [1.54, 1.807) is 24.3 Å². The monoisotopic (exact) mass is 341 g/mol. The van der Waals surface area contributed by atoms with Gasteiger partial charge in [-0.05, 0) is 49.9 Å². The minimum absolute atomic E-state index is 0.227. The fourth-order valence-electron chi connectivity index (χ4n) is 2.62. The van der Waals surface area contributed by atoms with Crippen molar-refractivity contribution in [3.05, 3.63) is 29.8 Å². The molecule has 0 unspecified atom stereocenters. The molecule has 1 aromatic rings. The van der Waals surface area contributed by atoms with Crippen LogP contribution in [0.3, 0.4) is 0 Å². The lowest BCUT2D eigenvalue weighted by molar-refractivity contribution is -0.188. The number of ether oxygens (including phenoxy) is 1. The molecule has 0 bridgehead atoms. The van der Waals surface area contributed by atoms with Gasteiger partial charge in [0.05, 0.1) is 17.7 Å². The predicted octanol–water partition coefficient (Wildman–Crippen LogP) is 3.57. The number of nitrogens with one attached hydrogen (secondary N) is 2. The first-order chi connectivity index (χ1) is 11.4. The Morgan fingerprint density at radius 1 is 1.29 bits per heavy atom. The van der Waals surface area contributed by atoms with Crippen LogP contribution < -0.4 is 10.6 Å². The fourth-order valence-corrected chi connectivity index (χ4v) is 2.62. The van der Waals surface area contributed by atoms with E-state index in [-0.39, 0.29) is 6.04 Å². The van der Waals surface area contributed by atoms with Crippen LogP contribution in [0.5, 0.6) is 0 Å². The predicted molar refractivity (Wildman–Crippen MR) is 81.4 cm³/mol. The van der Waals surface area contributed by atoms with Crippen molar-refractivity contribution in [3.8, 4) is 6.07 Å². The molecular formula is C16H18F3N3O2. The summed E-state index contributed by atoms with van der Waals surface area (Å²) in [6.07, 6.45) is -2.52. The van der Waals surface area contributed by atoms with Crippen LogP contribution in [0, 0.1) is 11.3 Å². The van der Waals surface area contributed by atoms with E-state index in [2.05, 4.69) is 10.6 Å². The maximum Gasteiger partial charge on any atom is 0.411 e. The number of amides is 2. The normalized spacial score (nSPS) is 20.9. The van der Waals surface area contributed by atoms with Crippen molar-refractivity contribution in [2.75, 3.05) is 11.9 Å². The summed E-state index contributed by atoms with van der Waals surface area (Å²) in [4.78, 5) is 12.0. The number of nitrogens with zero attached hydrogens (tertiary/aromatic N) is 1. The van der Waals surface area contributed by atoms with Crippen LogP contribution in [0.15, 0.2) is 24.3 Å². The van der Waals surface area contributed by atoms with Crippen LogP contribution in [0.4, 0.5) is 23.7 Å². The molecular weight excluding hydrogens is 323 g/mol. The van der Waals surface area contributed by atoms with Gasteiger partial charge in [0.25, 0.3) is 0 Å². The summed E-state index contributed by atoms with van der Waals surface area (Å²) in [6.45, 7) is -1.26. The first-order valence-corrected chi connectivity index (χ1v) is 7.62. The van der Waals surface area contributed by atoms with Crippen LogP contribution in [-0.4, -0.2) is 31.0 Å². The maximum atomic E-state index is 12.2. The van der Waals surface area contributed by atoms with Crippen molar-refractivity contribution in [3.63, 3.8) is 0 Å². The number of anilines is 1. The minimum Gasteiger partial charge on any atom is -0.369 e. The molecule has 5 nitrogen and oxygen atoms in total. The Morgan fingerprint density at radius 3 is 2.62 bits per heavy atom. The standard InChI is InChI=1S/C16H18F3N3O2/c17-16(18,19)10-24-14-3-1-2-13(8-14)22-15(23)21-12-6-4-11(9-20)5-7-12/h4-7,13-14H,1-3,8,10H2,(H2,21,22,23)/t13-,14-/m1/s1. The molecule has 1 aromatic carbocycles. The van der Waals surface area contributed by atoms with Crippen molar-refractivity contribution in [2.24, 2.45) is 0 Å². The minimum atomic E-state index is -4.34. The highest BCUT2D eigenvalue weighted by Gasteiger charge is 2.31. The molecule has 0 saturated heterocycles. The van der Waals surface area contributed by atoms with Gasteiger partial charge in [-0.2, -0.15) is 18.4 Å². The second-order valence-corrected chi connectivity index (χ2v) is 5.70. The van der Waals surface area contributed by atoms with Crippen molar-refractivity contribution in [1.82, 2.24) is 5.32 Å². The third-order valence-corrected chi connectivity index (χ3v) is 3.72. The van der Waals surface area contributed by atoms with Crippen LogP contribution in [0.1, 0.15) is 31.2 Å². The van der Waals surface area contributed by atoms with E-state index in [9.17, 15) is 18.0 Å². The average Bonchev–Trinajstić information content (AvgIpc) is 2.53. The van der Waals surface area contributed by atoms with Crippen molar-refractivity contribution in [1.29, 1.82) is 5.26 Å². The molecule has 1 fully saturated rings. The smallest absolute Gasteiger partial charge is 0.369 e. The van der Waals surface area contributed by atoms with E-state index in [0.717, 1.165) is 0 Å². The zero-order chi connectivity index (χ0) is 17.6. The first kappa shape index (κ1) is 18.1. The average molecular weight is 341 g/mol. The Balaban J connectivity index is 1.79. The van der Waals surface area contributed by atoms with E-state index in [1.807, 2.05) is 6.07 Å². The largest absolute Gasteiger partial charge is 0.411 e. The second kappa shape index (κ2) is 8.02. The lowest BCUT2D eigenvalue weighted by Gasteiger charge is -2.30. The quantitative estimate of drug-likeness (QED) is 0.879. The summed E-state index contributed by atoms with van der Waals surface area (Å²) in [5, 5.41) is 14.1. The third-order valence-electron chi connectivity index (χ3n) is 3.72.